The summed E-state index contributed by atoms with van der Waals surface area (Å²) in [5.41, 5.74) is -0.374. The largest absolute Gasteiger partial charge is 0.460 e. The van der Waals surface area contributed by atoms with E-state index in [9.17, 15) is 14.0 Å². The minimum absolute atomic E-state index is 0.0623. The lowest BCUT2D eigenvalue weighted by Crippen LogP contribution is -2.18. The Hall–Kier alpha value is -1.42. The minimum atomic E-state index is -1.08. The molecule has 1 aromatic rings. The van der Waals surface area contributed by atoms with Gasteiger partial charge in [-0.15, -0.1) is 0 Å². The van der Waals surface area contributed by atoms with E-state index in [1.807, 2.05) is 0 Å². The Morgan fingerprint density at radius 3 is 2.73 bits per heavy atom. The lowest BCUT2D eigenvalue weighted by molar-refractivity contribution is -0.137. The second-order valence-corrected chi connectivity index (χ2v) is 3.11. The molecule has 0 spiro atoms. The van der Waals surface area contributed by atoms with Crippen LogP contribution in [-0.4, -0.2) is 18.4 Å². The molecule has 1 aromatic carbocycles. The number of esters is 1. The van der Waals surface area contributed by atoms with Crippen molar-refractivity contribution in [2.24, 2.45) is 0 Å². The molecule has 0 aliphatic heterocycles. The van der Waals surface area contributed by atoms with E-state index in [0.29, 0.717) is 0 Å². The molecular weight excluding hydrogens is 223 g/mol. The van der Waals surface area contributed by atoms with Crippen LogP contribution in [0.3, 0.4) is 0 Å². The molecule has 5 heteroatoms. The highest BCUT2D eigenvalue weighted by molar-refractivity contribution is 6.41. The van der Waals surface area contributed by atoms with Gasteiger partial charge < -0.3 is 4.74 Å². The molecule has 15 heavy (non-hydrogen) atoms. The number of hydrogen-bond donors (Lipinski definition) is 0. The van der Waals surface area contributed by atoms with Gasteiger partial charge in [0.1, 0.15) is 5.82 Å². The molecule has 80 valence electrons. The van der Waals surface area contributed by atoms with Gasteiger partial charge in [0.2, 0.25) is 0 Å². The van der Waals surface area contributed by atoms with Gasteiger partial charge in [-0.25, -0.2) is 9.18 Å². The van der Waals surface area contributed by atoms with Gasteiger partial charge in [0.05, 0.1) is 12.2 Å². The summed E-state index contributed by atoms with van der Waals surface area (Å²) in [5, 5.41) is 0.184. The van der Waals surface area contributed by atoms with Crippen LogP contribution in [0.5, 0.6) is 0 Å². The number of hydrogen-bond acceptors (Lipinski definition) is 3. The zero-order valence-electron chi connectivity index (χ0n) is 7.92. The van der Waals surface area contributed by atoms with Crippen molar-refractivity contribution in [1.29, 1.82) is 0 Å². The van der Waals surface area contributed by atoms with Gasteiger partial charge >= 0.3 is 5.97 Å². The third-order valence-corrected chi connectivity index (χ3v) is 1.87. The van der Waals surface area contributed by atoms with Crippen molar-refractivity contribution in [2.75, 3.05) is 6.61 Å². The fourth-order valence-electron chi connectivity index (χ4n) is 0.978. The van der Waals surface area contributed by atoms with Crippen molar-refractivity contribution in [3.63, 3.8) is 0 Å². The molecule has 0 saturated carbocycles. The first-order valence-corrected chi connectivity index (χ1v) is 4.60. The van der Waals surface area contributed by atoms with Gasteiger partial charge in [0, 0.05) is 5.02 Å². The molecule has 0 radical (unpaired) electrons. The zero-order chi connectivity index (χ0) is 11.4. The van der Waals surface area contributed by atoms with Crippen molar-refractivity contribution >= 4 is 23.4 Å². The number of carbonyl (C=O) groups is 2. The molecule has 0 fully saturated rings. The first-order chi connectivity index (χ1) is 7.06. The van der Waals surface area contributed by atoms with E-state index in [0.717, 1.165) is 12.1 Å². The molecule has 0 amide bonds. The quantitative estimate of drug-likeness (QED) is 0.454. The van der Waals surface area contributed by atoms with Gasteiger partial charge in [0.25, 0.3) is 5.78 Å². The summed E-state index contributed by atoms with van der Waals surface area (Å²) in [6, 6.07) is 3.41. The maximum atomic E-state index is 13.1. The van der Waals surface area contributed by atoms with Crippen LogP contribution in [0.4, 0.5) is 4.39 Å². The van der Waals surface area contributed by atoms with Crippen molar-refractivity contribution < 1.29 is 18.7 Å². The third kappa shape index (κ3) is 2.76. The lowest BCUT2D eigenvalue weighted by Gasteiger charge is -2.02. The highest BCUT2D eigenvalue weighted by Gasteiger charge is 2.21. The van der Waals surface area contributed by atoms with E-state index in [1.165, 1.54) is 6.07 Å². The Bertz CT molecular complexity index is 404. The van der Waals surface area contributed by atoms with Crippen LogP contribution in [-0.2, 0) is 9.53 Å². The number of benzene rings is 1. The first-order valence-electron chi connectivity index (χ1n) is 4.22. The topological polar surface area (TPSA) is 43.4 Å². The van der Waals surface area contributed by atoms with Gasteiger partial charge in [0.15, 0.2) is 0 Å². The highest BCUT2D eigenvalue weighted by atomic mass is 35.5. The molecule has 0 unspecified atom stereocenters. The maximum Gasteiger partial charge on any atom is 0.379 e. The van der Waals surface area contributed by atoms with Crippen molar-refractivity contribution in [3.05, 3.63) is 34.6 Å². The third-order valence-electron chi connectivity index (χ3n) is 1.63. The molecule has 0 saturated heterocycles. The SMILES string of the molecule is CCOC(=O)C(=O)c1cc(Cl)ccc1F. The molecule has 1 rings (SSSR count). The molecule has 3 nitrogen and oxygen atoms in total. The predicted molar refractivity (Wildman–Crippen MR) is 52.4 cm³/mol. The fraction of sp³-hybridized carbons (Fsp3) is 0.200. The summed E-state index contributed by atoms with van der Waals surface area (Å²) in [6.45, 7) is 1.62. The summed E-state index contributed by atoms with van der Waals surface area (Å²) in [7, 11) is 0. The zero-order valence-corrected chi connectivity index (χ0v) is 8.68. The Labute approximate surface area is 90.8 Å². The summed E-state index contributed by atoms with van der Waals surface area (Å²) in [6.07, 6.45) is 0. The monoisotopic (exact) mass is 230 g/mol. The van der Waals surface area contributed by atoms with Crippen LogP contribution in [0.1, 0.15) is 17.3 Å². The van der Waals surface area contributed by atoms with E-state index in [-0.39, 0.29) is 17.2 Å². The number of halogens is 2. The summed E-state index contributed by atoms with van der Waals surface area (Å²) in [5.74, 6) is -2.91. The maximum absolute atomic E-state index is 13.1. The molecular formula is C10H8ClFO3. The Morgan fingerprint density at radius 1 is 1.47 bits per heavy atom. The Kier molecular flexibility index (Phi) is 3.80. The normalized spacial score (nSPS) is 9.80. The summed E-state index contributed by atoms with van der Waals surface area (Å²) in [4.78, 5) is 22.4. The first kappa shape index (κ1) is 11.7. The molecule has 0 aliphatic carbocycles. The second-order valence-electron chi connectivity index (χ2n) is 2.67. The summed E-state index contributed by atoms with van der Waals surface area (Å²) >= 11 is 5.57. The van der Waals surface area contributed by atoms with Crippen molar-refractivity contribution in [3.8, 4) is 0 Å². The molecule has 0 N–H and O–H groups in total. The molecule has 0 aromatic heterocycles. The van der Waals surface area contributed by atoms with Crippen LogP contribution in [0.25, 0.3) is 0 Å². The van der Waals surface area contributed by atoms with Crippen LogP contribution in [0.15, 0.2) is 18.2 Å². The number of rotatable bonds is 3. The number of ketones is 1. The Balaban J connectivity index is 3.00. The standard InChI is InChI=1S/C10H8ClFO3/c1-2-15-10(14)9(13)7-5-6(11)3-4-8(7)12/h3-5H,2H2,1H3. The summed E-state index contributed by atoms with van der Waals surface area (Å²) < 4.78 is 17.6. The number of ether oxygens (including phenoxy) is 1. The van der Waals surface area contributed by atoms with E-state index in [1.54, 1.807) is 6.92 Å². The smallest absolute Gasteiger partial charge is 0.379 e. The molecule has 0 heterocycles. The average molecular weight is 231 g/mol. The second kappa shape index (κ2) is 4.89. The van der Waals surface area contributed by atoms with E-state index < -0.39 is 17.6 Å². The highest BCUT2D eigenvalue weighted by Crippen LogP contribution is 2.15. The molecule has 0 atom stereocenters. The van der Waals surface area contributed by atoms with E-state index in [2.05, 4.69) is 4.74 Å². The van der Waals surface area contributed by atoms with Gasteiger partial charge in [-0.1, -0.05) is 11.6 Å². The van der Waals surface area contributed by atoms with Gasteiger partial charge in [-0.3, -0.25) is 4.79 Å². The molecule has 0 bridgehead atoms. The van der Waals surface area contributed by atoms with Crippen molar-refractivity contribution in [1.82, 2.24) is 0 Å². The molecule has 0 aliphatic rings. The van der Waals surface area contributed by atoms with Crippen LogP contribution in [0.2, 0.25) is 5.02 Å². The van der Waals surface area contributed by atoms with Crippen molar-refractivity contribution in [2.45, 2.75) is 6.92 Å². The lowest BCUT2D eigenvalue weighted by atomic mass is 10.1. The van der Waals surface area contributed by atoms with E-state index >= 15 is 0 Å². The predicted octanol–water partition coefficient (Wildman–Crippen LogP) is 2.22. The van der Waals surface area contributed by atoms with Gasteiger partial charge in [-0.2, -0.15) is 0 Å². The number of carbonyl (C=O) groups excluding carboxylic acids is 2. The average Bonchev–Trinajstić information content (AvgIpc) is 2.21. The van der Waals surface area contributed by atoms with Crippen LogP contribution in [0, 0.1) is 5.82 Å². The Morgan fingerprint density at radius 2 is 2.13 bits per heavy atom. The van der Waals surface area contributed by atoms with Crippen LogP contribution >= 0.6 is 11.6 Å². The van der Waals surface area contributed by atoms with E-state index in [4.69, 9.17) is 11.6 Å². The van der Waals surface area contributed by atoms with Crippen LogP contribution < -0.4 is 0 Å². The fourth-order valence-corrected chi connectivity index (χ4v) is 1.15. The number of Topliss-reactive ketones (excluding diaryl/α,β-unsaturated/α-hetero) is 1. The van der Waals surface area contributed by atoms with Gasteiger partial charge in [-0.05, 0) is 25.1 Å². The minimum Gasteiger partial charge on any atom is -0.460 e.